The van der Waals surface area contributed by atoms with Gasteiger partial charge in [0.05, 0.1) is 11.2 Å². The van der Waals surface area contributed by atoms with E-state index in [-0.39, 0.29) is 35.6 Å². The first-order valence-electron chi connectivity index (χ1n) is 13.8. The van der Waals surface area contributed by atoms with Crippen molar-refractivity contribution in [3.63, 3.8) is 0 Å². The van der Waals surface area contributed by atoms with Crippen molar-refractivity contribution in [2.24, 2.45) is 5.10 Å². The van der Waals surface area contributed by atoms with Crippen molar-refractivity contribution >= 4 is 40.4 Å². The van der Waals surface area contributed by atoms with Gasteiger partial charge in [-0.1, -0.05) is 41.9 Å². The van der Waals surface area contributed by atoms with E-state index in [1.807, 2.05) is 53.4 Å². The average Bonchev–Trinajstić information content (AvgIpc) is 3.50. The number of benzene rings is 4. The second kappa shape index (κ2) is 12.6. The molecular weight excluding hydrogens is 572 g/mol. The first-order chi connectivity index (χ1) is 20.9. The van der Waals surface area contributed by atoms with E-state index in [0.29, 0.717) is 18.8 Å². The van der Waals surface area contributed by atoms with Gasteiger partial charge in [0.15, 0.2) is 18.1 Å². The third kappa shape index (κ3) is 6.50. The number of amides is 2. The Labute approximate surface area is 253 Å². The van der Waals surface area contributed by atoms with E-state index >= 15 is 0 Å². The zero-order valence-corrected chi connectivity index (χ0v) is 23.9. The number of hydrogen-bond acceptors (Lipinski definition) is 8. The van der Waals surface area contributed by atoms with Crippen LogP contribution in [-0.4, -0.2) is 72.5 Å². The summed E-state index contributed by atoms with van der Waals surface area (Å²) in [5.41, 5.74) is 4.65. The summed E-state index contributed by atoms with van der Waals surface area (Å²) in [4.78, 5) is 29.6. The molecule has 2 aliphatic rings. The zero-order valence-electron chi connectivity index (χ0n) is 23.2. The van der Waals surface area contributed by atoms with Crippen molar-refractivity contribution in [2.75, 3.05) is 39.6 Å². The number of fused-ring (bicyclic) bond motifs is 2. The molecule has 1 saturated heterocycles. The number of nitrogens with zero attached hydrogens (tertiary/aromatic N) is 3. The first kappa shape index (κ1) is 28.3. The molecule has 4 aromatic carbocycles. The molecular formula is C32H29ClN4O6. The van der Waals surface area contributed by atoms with Crippen LogP contribution >= 0.6 is 11.6 Å². The van der Waals surface area contributed by atoms with Crippen molar-refractivity contribution in [3.05, 3.63) is 94.5 Å². The maximum absolute atomic E-state index is 13.0. The standard InChI is InChI=1S/C32H29ClN4O6/c33-26-16-22(6-8-27(26)38)32(40)35-34-17-23-7-10-28(25-4-2-1-3-24(23)25)41-19-31(39)37-13-11-36(12-14-37)18-21-5-9-29-30(15-21)43-20-42-29/h1-10,15-17,38H,11-14,18-20H2,(H,35,40)/b34-17+. The summed E-state index contributed by atoms with van der Waals surface area (Å²) in [5, 5.41) is 15.4. The molecule has 0 spiro atoms. The first-order valence-corrected chi connectivity index (χ1v) is 14.2. The summed E-state index contributed by atoms with van der Waals surface area (Å²) in [6, 6.07) is 21.4. The third-order valence-corrected chi connectivity index (χ3v) is 7.72. The van der Waals surface area contributed by atoms with Crippen molar-refractivity contribution in [3.8, 4) is 23.0 Å². The normalized spacial score (nSPS) is 14.8. The number of carbonyl (C=O) groups excluding carboxylic acids is 2. The van der Waals surface area contributed by atoms with Crippen LogP contribution in [0, 0.1) is 0 Å². The van der Waals surface area contributed by atoms with E-state index in [9.17, 15) is 14.7 Å². The molecule has 0 radical (unpaired) electrons. The van der Waals surface area contributed by atoms with Crippen LogP contribution in [0.15, 0.2) is 77.9 Å². The smallest absolute Gasteiger partial charge is 0.271 e. The van der Waals surface area contributed by atoms with Gasteiger partial charge in [-0.2, -0.15) is 5.10 Å². The van der Waals surface area contributed by atoms with Crippen LogP contribution in [-0.2, 0) is 11.3 Å². The quantitative estimate of drug-likeness (QED) is 0.227. The Kier molecular flexibility index (Phi) is 8.30. The molecule has 0 atom stereocenters. The summed E-state index contributed by atoms with van der Waals surface area (Å²) < 4.78 is 16.9. The van der Waals surface area contributed by atoms with Crippen LogP contribution < -0.4 is 19.6 Å². The molecule has 2 heterocycles. The lowest BCUT2D eigenvalue weighted by atomic mass is 10.0. The van der Waals surface area contributed by atoms with Crippen molar-refractivity contribution in [1.82, 2.24) is 15.2 Å². The fourth-order valence-corrected chi connectivity index (χ4v) is 5.27. The van der Waals surface area contributed by atoms with Crippen LogP contribution in [0.5, 0.6) is 23.0 Å². The van der Waals surface area contributed by atoms with Gasteiger partial charge in [0.1, 0.15) is 11.5 Å². The molecule has 2 amide bonds. The summed E-state index contributed by atoms with van der Waals surface area (Å²) in [6.07, 6.45) is 1.54. The summed E-state index contributed by atoms with van der Waals surface area (Å²) >= 11 is 5.89. The topological polar surface area (TPSA) is 113 Å². The molecule has 4 aromatic rings. The highest BCUT2D eigenvalue weighted by Gasteiger charge is 2.23. The van der Waals surface area contributed by atoms with Gasteiger partial charge in [-0.25, -0.2) is 5.43 Å². The van der Waals surface area contributed by atoms with Gasteiger partial charge in [0, 0.05) is 49.2 Å². The van der Waals surface area contributed by atoms with Gasteiger partial charge < -0.3 is 24.2 Å². The lowest BCUT2D eigenvalue weighted by molar-refractivity contribution is -0.135. The van der Waals surface area contributed by atoms with E-state index in [1.165, 1.54) is 18.2 Å². The Morgan fingerprint density at radius 2 is 1.74 bits per heavy atom. The van der Waals surface area contributed by atoms with Gasteiger partial charge in [-0.05, 0) is 53.4 Å². The molecule has 6 rings (SSSR count). The zero-order chi connectivity index (χ0) is 29.8. The number of hydrogen-bond donors (Lipinski definition) is 2. The molecule has 0 aliphatic carbocycles. The maximum atomic E-state index is 13.0. The number of phenolic OH excluding ortho intramolecular Hbond substituents is 1. The van der Waals surface area contributed by atoms with E-state index in [2.05, 4.69) is 15.4 Å². The molecule has 1 fully saturated rings. The van der Waals surface area contributed by atoms with Gasteiger partial charge >= 0.3 is 0 Å². The van der Waals surface area contributed by atoms with E-state index in [1.54, 1.807) is 12.3 Å². The van der Waals surface area contributed by atoms with Gasteiger partial charge in [-0.3, -0.25) is 14.5 Å². The van der Waals surface area contributed by atoms with Crippen LogP contribution in [0.3, 0.4) is 0 Å². The Morgan fingerprint density at radius 3 is 2.56 bits per heavy atom. The average molecular weight is 601 g/mol. The Bertz CT molecular complexity index is 1700. The molecule has 0 unspecified atom stereocenters. The molecule has 2 N–H and O–H groups in total. The third-order valence-electron chi connectivity index (χ3n) is 7.42. The molecule has 2 aliphatic heterocycles. The minimum atomic E-state index is -0.463. The van der Waals surface area contributed by atoms with Crippen LogP contribution in [0.25, 0.3) is 10.8 Å². The minimum Gasteiger partial charge on any atom is -0.506 e. The van der Waals surface area contributed by atoms with E-state index in [4.69, 9.17) is 25.8 Å². The number of rotatable bonds is 8. The SMILES string of the molecule is O=C(N/N=C/c1ccc(OCC(=O)N2CCN(Cc3ccc4c(c3)OCO4)CC2)c2ccccc12)c1ccc(O)c(Cl)c1. The largest absolute Gasteiger partial charge is 0.506 e. The number of nitrogens with one attached hydrogen (secondary N) is 1. The Balaban J connectivity index is 1.03. The summed E-state index contributed by atoms with van der Waals surface area (Å²) in [7, 11) is 0. The van der Waals surface area contributed by atoms with Crippen LogP contribution in [0.4, 0.5) is 0 Å². The molecule has 11 heteroatoms. The monoisotopic (exact) mass is 600 g/mol. The predicted octanol–water partition coefficient (Wildman–Crippen LogP) is 4.41. The highest BCUT2D eigenvalue weighted by molar-refractivity contribution is 6.32. The lowest BCUT2D eigenvalue weighted by Crippen LogP contribution is -2.49. The number of piperazine rings is 1. The summed E-state index contributed by atoms with van der Waals surface area (Å²) in [6.45, 7) is 3.78. The summed E-state index contributed by atoms with van der Waals surface area (Å²) in [5.74, 6) is 1.51. The van der Waals surface area contributed by atoms with Crippen molar-refractivity contribution in [1.29, 1.82) is 0 Å². The van der Waals surface area contributed by atoms with Gasteiger partial charge in [0.25, 0.3) is 11.8 Å². The number of ether oxygens (including phenoxy) is 3. The molecule has 0 saturated carbocycles. The number of carbonyl (C=O) groups is 2. The van der Waals surface area contributed by atoms with Crippen LogP contribution in [0.2, 0.25) is 5.02 Å². The molecule has 0 bridgehead atoms. The Morgan fingerprint density at radius 1 is 0.953 bits per heavy atom. The van der Waals surface area contributed by atoms with Gasteiger partial charge in [0.2, 0.25) is 6.79 Å². The molecule has 43 heavy (non-hydrogen) atoms. The predicted molar refractivity (Wildman–Crippen MR) is 162 cm³/mol. The molecule has 220 valence electrons. The number of phenols is 1. The molecule has 10 nitrogen and oxygen atoms in total. The van der Waals surface area contributed by atoms with Crippen molar-refractivity contribution in [2.45, 2.75) is 6.54 Å². The Hall–Kier alpha value is -4.80. The fourth-order valence-electron chi connectivity index (χ4n) is 5.09. The molecule has 0 aromatic heterocycles. The second-order valence-corrected chi connectivity index (χ2v) is 10.6. The number of hydrazone groups is 1. The van der Waals surface area contributed by atoms with E-state index in [0.717, 1.165) is 53.0 Å². The van der Waals surface area contributed by atoms with Gasteiger partial charge in [-0.15, -0.1) is 0 Å². The number of aromatic hydroxyl groups is 1. The van der Waals surface area contributed by atoms with E-state index < -0.39 is 5.91 Å². The second-order valence-electron chi connectivity index (χ2n) is 10.2. The highest BCUT2D eigenvalue weighted by atomic mass is 35.5. The maximum Gasteiger partial charge on any atom is 0.271 e. The number of halogens is 1. The van der Waals surface area contributed by atoms with Crippen LogP contribution in [0.1, 0.15) is 21.5 Å². The van der Waals surface area contributed by atoms with Crippen molar-refractivity contribution < 1.29 is 28.9 Å². The highest BCUT2D eigenvalue weighted by Crippen LogP contribution is 2.33. The minimum absolute atomic E-state index is 0.0607. The lowest BCUT2D eigenvalue weighted by Gasteiger charge is -2.34. The fraction of sp³-hybridized carbons (Fsp3) is 0.219.